The van der Waals surface area contributed by atoms with Crippen LogP contribution in [0.25, 0.3) is 0 Å². The molecular formula is C15H16N2O. The zero-order valence-corrected chi connectivity index (χ0v) is 10.4. The van der Waals surface area contributed by atoms with Gasteiger partial charge in [0.1, 0.15) is 5.75 Å². The van der Waals surface area contributed by atoms with E-state index in [0.29, 0.717) is 5.88 Å². The standard InChI is InChI=1S/C15H16N2O/c1-16-12-6-8-13(9-7-12)18-15-10-5-11-3-2-4-14(11)17-15/h5-10,16H,2-4H2,1H3. The first-order valence-electron chi connectivity index (χ1n) is 6.29. The lowest BCUT2D eigenvalue weighted by Crippen LogP contribution is -1.93. The van der Waals surface area contributed by atoms with Crippen molar-refractivity contribution in [1.82, 2.24) is 4.98 Å². The smallest absolute Gasteiger partial charge is 0.219 e. The molecule has 0 saturated heterocycles. The molecule has 18 heavy (non-hydrogen) atoms. The van der Waals surface area contributed by atoms with E-state index in [9.17, 15) is 0 Å². The largest absolute Gasteiger partial charge is 0.439 e. The molecule has 1 aromatic carbocycles. The Morgan fingerprint density at radius 3 is 2.67 bits per heavy atom. The molecule has 0 amide bonds. The molecule has 0 atom stereocenters. The van der Waals surface area contributed by atoms with Gasteiger partial charge in [-0.25, -0.2) is 4.98 Å². The summed E-state index contributed by atoms with van der Waals surface area (Å²) in [4.78, 5) is 4.55. The molecular weight excluding hydrogens is 224 g/mol. The van der Waals surface area contributed by atoms with Gasteiger partial charge < -0.3 is 10.1 Å². The number of benzene rings is 1. The minimum Gasteiger partial charge on any atom is -0.439 e. The van der Waals surface area contributed by atoms with Gasteiger partial charge in [-0.15, -0.1) is 0 Å². The molecule has 0 spiro atoms. The number of nitrogens with zero attached hydrogens (tertiary/aromatic N) is 1. The zero-order valence-electron chi connectivity index (χ0n) is 10.4. The summed E-state index contributed by atoms with van der Waals surface area (Å²) in [5, 5.41) is 3.08. The first-order chi connectivity index (χ1) is 8.85. The topological polar surface area (TPSA) is 34.1 Å². The average molecular weight is 240 g/mol. The summed E-state index contributed by atoms with van der Waals surface area (Å²) < 4.78 is 5.76. The lowest BCUT2D eigenvalue weighted by atomic mass is 10.2. The summed E-state index contributed by atoms with van der Waals surface area (Å²) in [5.41, 5.74) is 3.64. The third-order valence-corrected chi connectivity index (χ3v) is 3.27. The van der Waals surface area contributed by atoms with E-state index in [2.05, 4.69) is 16.4 Å². The molecule has 0 radical (unpaired) electrons. The van der Waals surface area contributed by atoms with Gasteiger partial charge in [-0.05, 0) is 49.1 Å². The Bertz CT molecular complexity index is 549. The second-order valence-corrected chi connectivity index (χ2v) is 4.49. The van der Waals surface area contributed by atoms with Gasteiger partial charge in [-0.1, -0.05) is 6.07 Å². The Kier molecular flexibility index (Phi) is 2.89. The molecule has 92 valence electrons. The fourth-order valence-electron chi connectivity index (χ4n) is 2.27. The van der Waals surface area contributed by atoms with Gasteiger partial charge in [-0.2, -0.15) is 0 Å². The van der Waals surface area contributed by atoms with Crippen LogP contribution in [0.2, 0.25) is 0 Å². The van der Waals surface area contributed by atoms with Crippen LogP contribution < -0.4 is 10.1 Å². The summed E-state index contributed by atoms with van der Waals surface area (Å²) in [6, 6.07) is 12.0. The maximum atomic E-state index is 5.76. The van der Waals surface area contributed by atoms with Crippen molar-refractivity contribution in [2.45, 2.75) is 19.3 Å². The molecule has 1 aliphatic rings. The van der Waals surface area contributed by atoms with Gasteiger partial charge in [0, 0.05) is 24.5 Å². The van der Waals surface area contributed by atoms with Gasteiger partial charge in [-0.3, -0.25) is 0 Å². The van der Waals surface area contributed by atoms with E-state index in [4.69, 9.17) is 4.74 Å². The van der Waals surface area contributed by atoms with E-state index in [-0.39, 0.29) is 0 Å². The Morgan fingerprint density at radius 2 is 1.89 bits per heavy atom. The van der Waals surface area contributed by atoms with Crippen LogP contribution in [0.3, 0.4) is 0 Å². The van der Waals surface area contributed by atoms with Gasteiger partial charge in [0.05, 0.1) is 0 Å². The van der Waals surface area contributed by atoms with Gasteiger partial charge >= 0.3 is 0 Å². The number of fused-ring (bicyclic) bond motifs is 1. The molecule has 3 heteroatoms. The van der Waals surface area contributed by atoms with Crippen molar-refractivity contribution in [3.05, 3.63) is 47.7 Å². The fraction of sp³-hybridized carbons (Fsp3) is 0.267. The maximum Gasteiger partial charge on any atom is 0.219 e. The van der Waals surface area contributed by atoms with E-state index in [1.807, 2.05) is 37.4 Å². The van der Waals surface area contributed by atoms with Crippen molar-refractivity contribution in [3.8, 4) is 11.6 Å². The van der Waals surface area contributed by atoms with E-state index in [1.165, 1.54) is 17.7 Å². The van der Waals surface area contributed by atoms with Crippen LogP contribution in [0.4, 0.5) is 5.69 Å². The normalized spacial score (nSPS) is 13.2. The van der Waals surface area contributed by atoms with E-state index in [1.54, 1.807) is 0 Å². The SMILES string of the molecule is CNc1ccc(Oc2ccc3c(n2)CCC3)cc1. The van der Waals surface area contributed by atoms with Gasteiger partial charge in [0.25, 0.3) is 0 Å². The van der Waals surface area contributed by atoms with E-state index >= 15 is 0 Å². The highest BCUT2D eigenvalue weighted by Gasteiger charge is 2.13. The quantitative estimate of drug-likeness (QED) is 0.892. The maximum absolute atomic E-state index is 5.76. The number of hydrogen-bond donors (Lipinski definition) is 1. The second kappa shape index (κ2) is 4.69. The van der Waals surface area contributed by atoms with Crippen LogP contribution in [-0.4, -0.2) is 12.0 Å². The van der Waals surface area contributed by atoms with Crippen LogP contribution >= 0.6 is 0 Å². The highest BCUT2D eigenvalue weighted by atomic mass is 16.5. The van der Waals surface area contributed by atoms with Gasteiger partial charge in [0.2, 0.25) is 5.88 Å². The summed E-state index contributed by atoms with van der Waals surface area (Å²) in [6.45, 7) is 0. The van der Waals surface area contributed by atoms with Crippen LogP contribution in [0.1, 0.15) is 17.7 Å². The number of nitrogens with one attached hydrogen (secondary N) is 1. The summed E-state index contributed by atoms with van der Waals surface area (Å²) in [5.74, 6) is 1.51. The molecule has 3 nitrogen and oxygen atoms in total. The Balaban J connectivity index is 1.79. The van der Waals surface area contributed by atoms with Crippen molar-refractivity contribution in [1.29, 1.82) is 0 Å². The van der Waals surface area contributed by atoms with Crippen LogP contribution in [-0.2, 0) is 12.8 Å². The molecule has 0 saturated carbocycles. The second-order valence-electron chi connectivity index (χ2n) is 4.49. The predicted octanol–water partition coefficient (Wildman–Crippen LogP) is 3.40. The summed E-state index contributed by atoms with van der Waals surface area (Å²) >= 11 is 0. The zero-order chi connectivity index (χ0) is 12.4. The van der Waals surface area contributed by atoms with Crippen LogP contribution in [0.15, 0.2) is 36.4 Å². The first kappa shape index (κ1) is 11.1. The Hall–Kier alpha value is -2.03. The molecule has 1 heterocycles. The van der Waals surface area contributed by atoms with Crippen molar-refractivity contribution in [3.63, 3.8) is 0 Å². The van der Waals surface area contributed by atoms with Crippen LogP contribution in [0, 0.1) is 0 Å². The minimum atomic E-state index is 0.688. The molecule has 2 aromatic rings. The number of hydrogen-bond acceptors (Lipinski definition) is 3. The van der Waals surface area contributed by atoms with Crippen molar-refractivity contribution in [2.75, 3.05) is 12.4 Å². The monoisotopic (exact) mass is 240 g/mol. The number of ether oxygens (including phenoxy) is 1. The summed E-state index contributed by atoms with van der Waals surface area (Å²) in [6.07, 6.45) is 3.44. The van der Waals surface area contributed by atoms with Crippen molar-refractivity contribution < 1.29 is 4.74 Å². The number of pyridine rings is 1. The number of rotatable bonds is 3. The van der Waals surface area contributed by atoms with Gasteiger partial charge in [0.15, 0.2) is 0 Å². The molecule has 1 N–H and O–H groups in total. The fourth-order valence-corrected chi connectivity index (χ4v) is 2.27. The third kappa shape index (κ3) is 2.16. The minimum absolute atomic E-state index is 0.688. The average Bonchev–Trinajstić information content (AvgIpc) is 2.87. The molecule has 0 fully saturated rings. The van der Waals surface area contributed by atoms with Crippen molar-refractivity contribution in [2.24, 2.45) is 0 Å². The van der Waals surface area contributed by atoms with E-state index in [0.717, 1.165) is 24.3 Å². The lowest BCUT2D eigenvalue weighted by Gasteiger charge is -2.07. The lowest BCUT2D eigenvalue weighted by molar-refractivity contribution is 0.461. The highest BCUT2D eigenvalue weighted by Crippen LogP contribution is 2.26. The number of aromatic nitrogens is 1. The number of aryl methyl sites for hydroxylation is 2. The third-order valence-electron chi connectivity index (χ3n) is 3.27. The molecule has 0 aliphatic heterocycles. The molecule has 1 aliphatic carbocycles. The van der Waals surface area contributed by atoms with Crippen molar-refractivity contribution >= 4 is 5.69 Å². The predicted molar refractivity (Wildman–Crippen MR) is 72.3 cm³/mol. The molecule has 3 rings (SSSR count). The van der Waals surface area contributed by atoms with E-state index < -0.39 is 0 Å². The molecule has 0 unspecified atom stereocenters. The Morgan fingerprint density at radius 1 is 1.06 bits per heavy atom. The first-order valence-corrected chi connectivity index (χ1v) is 6.29. The number of anilines is 1. The van der Waals surface area contributed by atoms with Crippen LogP contribution in [0.5, 0.6) is 11.6 Å². The summed E-state index contributed by atoms with van der Waals surface area (Å²) in [7, 11) is 1.90. The highest BCUT2D eigenvalue weighted by molar-refractivity contribution is 5.46. The molecule has 0 bridgehead atoms. The molecule has 1 aromatic heterocycles. The Labute approximate surface area is 107 Å².